The third-order valence-electron chi connectivity index (χ3n) is 0.780. The summed E-state index contributed by atoms with van der Waals surface area (Å²) in [6, 6.07) is 0. The molecule has 0 aliphatic heterocycles. The van der Waals surface area contributed by atoms with Gasteiger partial charge in [-0.15, -0.1) is 0 Å². The molecule has 0 saturated carbocycles. The van der Waals surface area contributed by atoms with Crippen LogP contribution in [0.2, 0.25) is 0 Å². The van der Waals surface area contributed by atoms with Crippen LogP contribution in [0.1, 0.15) is 19.8 Å². The maximum Gasteiger partial charge on any atom is 0.0513 e. The predicted molar refractivity (Wildman–Crippen MR) is 28.0 cm³/mol. The molecule has 0 radical (unpaired) electrons. The van der Waals surface area contributed by atoms with Gasteiger partial charge in [-0.3, -0.25) is 0 Å². The van der Waals surface area contributed by atoms with Crippen LogP contribution in [0.25, 0.3) is 0 Å². The van der Waals surface area contributed by atoms with Crippen molar-refractivity contribution < 1.29 is 10.2 Å². The zero-order chi connectivity index (χ0) is 5.70. The molecule has 0 heterocycles. The molecular weight excluding hydrogens is 92.1 g/mol. The summed E-state index contributed by atoms with van der Waals surface area (Å²) in [7, 11) is 0. The largest absolute Gasteiger partial charge is 0.396 e. The fraction of sp³-hybridized carbons (Fsp3) is 1.00. The smallest absolute Gasteiger partial charge is 0.0513 e. The van der Waals surface area contributed by atoms with Crippen LogP contribution in [0.15, 0.2) is 0 Å². The van der Waals surface area contributed by atoms with E-state index in [2.05, 4.69) is 0 Å². The lowest BCUT2D eigenvalue weighted by Crippen LogP contribution is -1.99. The van der Waals surface area contributed by atoms with E-state index in [9.17, 15) is 0 Å². The average Bonchev–Trinajstić information content (AvgIpc) is 1.61. The number of hydrogen-bond acceptors (Lipinski definition) is 2. The third kappa shape index (κ3) is 5.92. The molecule has 2 nitrogen and oxygen atoms in total. The third-order valence-corrected chi connectivity index (χ3v) is 0.780. The zero-order valence-electron chi connectivity index (χ0n) is 4.59. The minimum Gasteiger partial charge on any atom is -0.396 e. The van der Waals surface area contributed by atoms with E-state index in [0.717, 1.165) is 0 Å². The molecule has 0 aromatic carbocycles. The van der Waals surface area contributed by atoms with Crippen molar-refractivity contribution in [1.82, 2.24) is 0 Å². The Morgan fingerprint density at radius 3 is 2.29 bits per heavy atom. The van der Waals surface area contributed by atoms with Crippen LogP contribution < -0.4 is 0 Å². The second-order valence-electron chi connectivity index (χ2n) is 1.71. The van der Waals surface area contributed by atoms with Crippen molar-refractivity contribution in [3.05, 3.63) is 0 Å². The molecule has 0 saturated heterocycles. The topological polar surface area (TPSA) is 40.5 Å². The summed E-state index contributed by atoms with van der Waals surface area (Å²) in [5.41, 5.74) is 0. The van der Waals surface area contributed by atoms with Gasteiger partial charge >= 0.3 is 0 Å². The Morgan fingerprint density at radius 1 is 1.57 bits per heavy atom. The highest BCUT2D eigenvalue weighted by Crippen LogP contribution is 1.92. The lowest BCUT2D eigenvalue weighted by Gasteiger charge is -1.98. The number of rotatable bonds is 3. The Bertz CT molecular complexity index is 35.1. The fourth-order valence-electron chi connectivity index (χ4n) is 0.387. The van der Waals surface area contributed by atoms with Gasteiger partial charge in [0, 0.05) is 6.61 Å². The van der Waals surface area contributed by atoms with Crippen LogP contribution in [0, 0.1) is 0 Å². The molecular formula is C5H12O2. The molecule has 0 aliphatic rings. The second kappa shape index (κ2) is 4.09. The molecule has 0 unspecified atom stereocenters. The van der Waals surface area contributed by atoms with Crippen molar-refractivity contribution in [2.24, 2.45) is 0 Å². The molecule has 44 valence electrons. The fourth-order valence-corrected chi connectivity index (χ4v) is 0.387. The monoisotopic (exact) mass is 104 g/mol. The first-order valence-corrected chi connectivity index (χ1v) is 2.56. The molecule has 0 amide bonds. The summed E-state index contributed by atoms with van der Waals surface area (Å²) in [6.07, 6.45) is 1.15. The minimum absolute atomic E-state index is 0.185. The van der Waals surface area contributed by atoms with Crippen LogP contribution in [-0.4, -0.2) is 22.9 Å². The zero-order valence-corrected chi connectivity index (χ0v) is 4.59. The van der Waals surface area contributed by atoms with Crippen LogP contribution in [0.4, 0.5) is 0 Å². The predicted octanol–water partition coefficient (Wildman–Crippen LogP) is 0.140. The molecule has 0 bridgehead atoms. The standard InChI is InChI=1S/C5H12O2/c1-5(7)3-2-4-6/h5-7H,2-4H2,1H3/t5-/m1/s1. The van der Waals surface area contributed by atoms with E-state index in [1.165, 1.54) is 0 Å². The lowest BCUT2D eigenvalue weighted by atomic mass is 10.2. The number of aliphatic hydroxyl groups excluding tert-OH is 2. The first-order valence-electron chi connectivity index (χ1n) is 2.56. The van der Waals surface area contributed by atoms with Gasteiger partial charge in [0.1, 0.15) is 0 Å². The van der Waals surface area contributed by atoms with Gasteiger partial charge in [0.05, 0.1) is 6.10 Å². The second-order valence-corrected chi connectivity index (χ2v) is 1.71. The van der Waals surface area contributed by atoms with E-state index in [1.807, 2.05) is 0 Å². The van der Waals surface area contributed by atoms with Gasteiger partial charge < -0.3 is 10.2 Å². The SMILES string of the molecule is C[C@@H](O)CCCO. The first kappa shape index (κ1) is 6.92. The Morgan fingerprint density at radius 2 is 2.14 bits per heavy atom. The number of aliphatic hydroxyl groups is 2. The molecule has 0 aromatic rings. The normalized spacial score (nSPS) is 14.1. The van der Waals surface area contributed by atoms with Crippen LogP contribution in [0.5, 0.6) is 0 Å². The summed E-state index contributed by atoms with van der Waals surface area (Å²) in [5.74, 6) is 0. The van der Waals surface area contributed by atoms with Crippen molar-refractivity contribution >= 4 is 0 Å². The quantitative estimate of drug-likeness (QED) is 0.534. The van der Waals surface area contributed by atoms with E-state index in [0.29, 0.717) is 12.8 Å². The molecule has 0 spiro atoms. The maximum absolute atomic E-state index is 8.57. The molecule has 7 heavy (non-hydrogen) atoms. The number of hydrogen-bond donors (Lipinski definition) is 2. The van der Waals surface area contributed by atoms with E-state index < -0.39 is 0 Å². The highest BCUT2D eigenvalue weighted by atomic mass is 16.3. The maximum atomic E-state index is 8.57. The van der Waals surface area contributed by atoms with Gasteiger partial charge in [0.2, 0.25) is 0 Å². The summed E-state index contributed by atoms with van der Waals surface area (Å²) < 4.78 is 0. The van der Waals surface area contributed by atoms with E-state index in [4.69, 9.17) is 10.2 Å². The van der Waals surface area contributed by atoms with Crippen molar-refractivity contribution in [2.75, 3.05) is 6.61 Å². The van der Waals surface area contributed by atoms with Crippen LogP contribution in [0.3, 0.4) is 0 Å². The summed E-state index contributed by atoms with van der Waals surface area (Å²) in [5, 5.41) is 16.8. The van der Waals surface area contributed by atoms with Gasteiger partial charge in [-0.1, -0.05) is 0 Å². The van der Waals surface area contributed by atoms with E-state index >= 15 is 0 Å². The Kier molecular flexibility index (Phi) is 4.04. The molecule has 1 atom stereocenters. The molecule has 0 rings (SSSR count). The van der Waals surface area contributed by atoms with Crippen molar-refractivity contribution in [1.29, 1.82) is 0 Å². The lowest BCUT2D eigenvalue weighted by molar-refractivity contribution is 0.167. The van der Waals surface area contributed by atoms with Gasteiger partial charge in [-0.25, -0.2) is 0 Å². The highest BCUT2D eigenvalue weighted by Gasteiger charge is 1.90. The summed E-state index contributed by atoms with van der Waals surface area (Å²) >= 11 is 0. The van der Waals surface area contributed by atoms with E-state index in [1.54, 1.807) is 6.92 Å². The van der Waals surface area contributed by atoms with Crippen molar-refractivity contribution in [3.63, 3.8) is 0 Å². The molecule has 0 aromatic heterocycles. The van der Waals surface area contributed by atoms with Crippen molar-refractivity contribution in [2.45, 2.75) is 25.9 Å². The van der Waals surface area contributed by atoms with Gasteiger partial charge in [-0.05, 0) is 19.8 Å². The Labute approximate surface area is 43.8 Å². The molecule has 2 N–H and O–H groups in total. The molecule has 2 heteroatoms. The van der Waals surface area contributed by atoms with E-state index in [-0.39, 0.29) is 12.7 Å². The van der Waals surface area contributed by atoms with Crippen LogP contribution in [-0.2, 0) is 0 Å². The Balaban J connectivity index is 2.68. The summed E-state index contributed by atoms with van der Waals surface area (Å²) in [6.45, 7) is 1.90. The minimum atomic E-state index is -0.257. The summed E-state index contributed by atoms with van der Waals surface area (Å²) in [4.78, 5) is 0. The van der Waals surface area contributed by atoms with Gasteiger partial charge in [-0.2, -0.15) is 0 Å². The molecule has 0 fully saturated rings. The molecule has 0 aliphatic carbocycles. The van der Waals surface area contributed by atoms with Gasteiger partial charge in [0.25, 0.3) is 0 Å². The Hall–Kier alpha value is -0.0800. The average molecular weight is 104 g/mol. The highest BCUT2D eigenvalue weighted by molar-refractivity contribution is 4.43. The van der Waals surface area contributed by atoms with Crippen LogP contribution >= 0.6 is 0 Å². The van der Waals surface area contributed by atoms with Gasteiger partial charge in [0.15, 0.2) is 0 Å². The van der Waals surface area contributed by atoms with Crippen molar-refractivity contribution in [3.8, 4) is 0 Å². The first-order chi connectivity index (χ1) is 3.27.